The summed E-state index contributed by atoms with van der Waals surface area (Å²) in [7, 11) is 1.76. The molecule has 1 atom stereocenters. The molecule has 4 rings (SSSR count). The molecule has 0 radical (unpaired) electrons. The number of hydrogen-bond acceptors (Lipinski definition) is 5. The Morgan fingerprint density at radius 2 is 1.79 bits per heavy atom. The lowest BCUT2D eigenvalue weighted by atomic mass is 10.1. The van der Waals surface area contributed by atoms with Crippen LogP contribution in [0.5, 0.6) is 0 Å². The largest absolute Gasteiger partial charge is 0.351 e. The van der Waals surface area contributed by atoms with Gasteiger partial charge < -0.3 is 15.1 Å². The van der Waals surface area contributed by atoms with E-state index >= 15 is 0 Å². The van der Waals surface area contributed by atoms with Crippen molar-refractivity contribution < 1.29 is 14.4 Å². The Kier molecular flexibility index (Phi) is 7.36. The fourth-order valence-electron chi connectivity index (χ4n) is 4.29. The van der Waals surface area contributed by atoms with Gasteiger partial charge >= 0.3 is 0 Å². The normalized spacial score (nSPS) is 18.0. The smallest absolute Gasteiger partial charge is 0.262 e. The van der Waals surface area contributed by atoms with Crippen LogP contribution in [-0.4, -0.2) is 53.2 Å². The summed E-state index contributed by atoms with van der Waals surface area (Å²) >= 11 is 1.39. The zero-order chi connectivity index (χ0) is 24.2. The molecule has 1 fully saturated rings. The number of anilines is 2. The highest BCUT2D eigenvalue weighted by atomic mass is 32.2. The van der Waals surface area contributed by atoms with Gasteiger partial charge in [-0.2, -0.15) is 4.99 Å². The van der Waals surface area contributed by atoms with E-state index in [1.807, 2.05) is 32.0 Å². The van der Waals surface area contributed by atoms with Crippen molar-refractivity contribution in [3.63, 3.8) is 0 Å². The number of hydrogen-bond donors (Lipinski definition) is 1. The van der Waals surface area contributed by atoms with Crippen LogP contribution in [0.3, 0.4) is 0 Å². The van der Waals surface area contributed by atoms with Crippen LogP contribution < -0.4 is 10.2 Å². The average Bonchev–Trinajstić information content (AvgIpc) is 3.19. The third-order valence-corrected chi connectivity index (χ3v) is 7.37. The maximum absolute atomic E-state index is 12.9. The number of carbonyl (C=O) groups excluding carboxylic acids is 3. The minimum Gasteiger partial charge on any atom is -0.351 e. The maximum atomic E-state index is 12.9. The van der Waals surface area contributed by atoms with E-state index in [0.717, 1.165) is 47.9 Å². The Bertz CT molecular complexity index is 1120. The predicted molar refractivity (Wildman–Crippen MR) is 138 cm³/mol. The van der Waals surface area contributed by atoms with Gasteiger partial charge in [-0.15, -0.1) is 0 Å². The van der Waals surface area contributed by atoms with E-state index < -0.39 is 5.25 Å². The molecule has 0 aliphatic carbocycles. The highest BCUT2D eigenvalue weighted by molar-refractivity contribution is 8.15. The molecule has 0 bridgehead atoms. The van der Waals surface area contributed by atoms with Crippen molar-refractivity contribution in [2.24, 2.45) is 4.99 Å². The number of thioether (sulfide) groups is 1. The fourth-order valence-corrected chi connectivity index (χ4v) is 5.41. The Balaban J connectivity index is 1.32. The standard InChI is InChI=1S/C26H30N4O3S/c1-17-7-12-21(18(2)15-17)29(3)25(33)19-8-10-20(11-9-19)27-23(31)16-22-24(32)28-26(34-22)30-13-5-4-6-14-30/h7-12,15,22H,4-6,13-14,16H2,1-3H3,(H,27,31). The number of rotatable bonds is 5. The molecular formula is C26H30N4O3S. The summed E-state index contributed by atoms with van der Waals surface area (Å²) in [5.41, 5.74) is 4.16. The minimum absolute atomic E-state index is 0.0699. The lowest BCUT2D eigenvalue weighted by molar-refractivity contribution is -0.121. The first-order valence-electron chi connectivity index (χ1n) is 11.6. The first-order valence-corrected chi connectivity index (χ1v) is 12.5. The number of likely N-dealkylation sites (tertiary alicyclic amines) is 1. The molecule has 3 amide bonds. The molecule has 34 heavy (non-hydrogen) atoms. The summed E-state index contributed by atoms with van der Waals surface area (Å²) < 4.78 is 0. The summed E-state index contributed by atoms with van der Waals surface area (Å²) in [6, 6.07) is 12.8. The molecule has 7 nitrogen and oxygen atoms in total. The average molecular weight is 479 g/mol. The Labute approximate surface area is 204 Å². The number of amides is 3. The van der Waals surface area contributed by atoms with Crippen molar-refractivity contribution in [1.29, 1.82) is 0 Å². The topological polar surface area (TPSA) is 82.1 Å². The number of carbonyl (C=O) groups is 3. The fraction of sp³-hybridized carbons (Fsp3) is 0.385. The van der Waals surface area contributed by atoms with E-state index in [1.165, 1.54) is 18.2 Å². The predicted octanol–water partition coefficient (Wildman–Crippen LogP) is 4.39. The first-order chi connectivity index (χ1) is 16.3. The second kappa shape index (κ2) is 10.4. The lowest BCUT2D eigenvalue weighted by Gasteiger charge is -2.27. The molecule has 2 aromatic carbocycles. The molecule has 1 N–H and O–H groups in total. The number of nitrogens with one attached hydrogen (secondary N) is 1. The van der Waals surface area contributed by atoms with Crippen molar-refractivity contribution >= 4 is 46.0 Å². The third kappa shape index (κ3) is 5.50. The minimum atomic E-state index is -0.482. The number of aryl methyl sites for hydroxylation is 2. The van der Waals surface area contributed by atoms with Gasteiger partial charge in [0, 0.05) is 43.5 Å². The molecule has 2 aliphatic heterocycles. The van der Waals surface area contributed by atoms with Gasteiger partial charge in [-0.05, 0) is 69.0 Å². The van der Waals surface area contributed by atoms with Crippen LogP contribution in [0.2, 0.25) is 0 Å². The summed E-state index contributed by atoms with van der Waals surface area (Å²) in [6.45, 7) is 5.84. The Morgan fingerprint density at radius 1 is 1.09 bits per heavy atom. The van der Waals surface area contributed by atoms with Gasteiger partial charge in [-0.25, -0.2) is 0 Å². The quantitative estimate of drug-likeness (QED) is 0.689. The molecule has 0 aromatic heterocycles. The molecule has 0 spiro atoms. The van der Waals surface area contributed by atoms with Crippen molar-refractivity contribution in [3.8, 4) is 0 Å². The SMILES string of the molecule is Cc1ccc(N(C)C(=O)c2ccc(NC(=O)CC3SC(N4CCCCC4)=NC3=O)cc2)c(C)c1. The number of aliphatic imine (C=N–C) groups is 1. The van der Waals surface area contributed by atoms with Crippen molar-refractivity contribution in [2.45, 2.75) is 44.8 Å². The summed E-state index contributed by atoms with van der Waals surface area (Å²) in [5, 5.41) is 3.10. The van der Waals surface area contributed by atoms with E-state index in [2.05, 4.69) is 15.2 Å². The summed E-state index contributed by atoms with van der Waals surface area (Å²) in [6.07, 6.45) is 3.50. The van der Waals surface area contributed by atoms with E-state index in [0.29, 0.717) is 11.3 Å². The number of nitrogens with zero attached hydrogens (tertiary/aromatic N) is 3. The van der Waals surface area contributed by atoms with E-state index in [4.69, 9.17) is 0 Å². The second-order valence-electron chi connectivity index (χ2n) is 8.87. The van der Waals surface area contributed by atoms with Crippen molar-refractivity contribution in [1.82, 2.24) is 4.90 Å². The molecule has 178 valence electrons. The Morgan fingerprint density at radius 3 is 2.47 bits per heavy atom. The third-order valence-electron chi connectivity index (χ3n) is 6.16. The molecule has 2 heterocycles. The number of piperidine rings is 1. The maximum Gasteiger partial charge on any atom is 0.262 e. The highest BCUT2D eigenvalue weighted by Crippen LogP contribution is 2.29. The van der Waals surface area contributed by atoms with Gasteiger partial charge in [0.1, 0.15) is 5.25 Å². The Hall–Kier alpha value is -3.13. The molecule has 2 aromatic rings. The van der Waals surface area contributed by atoms with Crippen molar-refractivity contribution in [3.05, 3.63) is 59.2 Å². The molecule has 8 heteroatoms. The number of benzene rings is 2. The molecule has 1 unspecified atom stereocenters. The highest BCUT2D eigenvalue weighted by Gasteiger charge is 2.33. The van der Waals surface area contributed by atoms with Gasteiger partial charge in [-0.3, -0.25) is 14.4 Å². The second-order valence-corrected chi connectivity index (χ2v) is 10.0. The van der Waals surface area contributed by atoms with Crippen LogP contribution in [0.25, 0.3) is 0 Å². The van der Waals surface area contributed by atoms with Crippen LogP contribution in [0.1, 0.15) is 47.2 Å². The van der Waals surface area contributed by atoms with E-state index in [9.17, 15) is 14.4 Å². The zero-order valence-corrected chi connectivity index (χ0v) is 20.7. The van der Waals surface area contributed by atoms with E-state index in [-0.39, 0.29) is 24.1 Å². The van der Waals surface area contributed by atoms with Gasteiger partial charge in [0.05, 0.1) is 0 Å². The first kappa shape index (κ1) is 24.0. The van der Waals surface area contributed by atoms with Crippen LogP contribution in [0.4, 0.5) is 11.4 Å². The number of amidine groups is 1. The van der Waals surface area contributed by atoms with Gasteiger partial charge in [-0.1, -0.05) is 29.5 Å². The molecule has 0 saturated carbocycles. The lowest BCUT2D eigenvalue weighted by Crippen LogP contribution is -2.33. The molecule has 1 saturated heterocycles. The van der Waals surface area contributed by atoms with Crippen LogP contribution in [-0.2, 0) is 9.59 Å². The molecular weight excluding hydrogens is 448 g/mol. The van der Waals surface area contributed by atoms with E-state index in [1.54, 1.807) is 36.2 Å². The van der Waals surface area contributed by atoms with Crippen molar-refractivity contribution in [2.75, 3.05) is 30.4 Å². The van der Waals surface area contributed by atoms with Gasteiger partial charge in [0.2, 0.25) is 5.91 Å². The molecule has 2 aliphatic rings. The van der Waals surface area contributed by atoms with Crippen LogP contribution in [0, 0.1) is 13.8 Å². The van der Waals surface area contributed by atoms with Gasteiger partial charge in [0.25, 0.3) is 11.8 Å². The van der Waals surface area contributed by atoms with Gasteiger partial charge in [0.15, 0.2) is 5.17 Å². The monoisotopic (exact) mass is 478 g/mol. The zero-order valence-electron chi connectivity index (χ0n) is 19.8. The van der Waals surface area contributed by atoms with Crippen LogP contribution >= 0.6 is 11.8 Å². The van der Waals surface area contributed by atoms with Crippen LogP contribution in [0.15, 0.2) is 47.5 Å². The summed E-state index contributed by atoms with van der Waals surface area (Å²) in [4.78, 5) is 45.7. The summed E-state index contributed by atoms with van der Waals surface area (Å²) in [5.74, 6) is -0.608.